The second-order valence-corrected chi connectivity index (χ2v) is 8.04. The zero-order valence-corrected chi connectivity index (χ0v) is 17.3. The van der Waals surface area contributed by atoms with Gasteiger partial charge in [0.15, 0.2) is 6.61 Å². The van der Waals surface area contributed by atoms with Crippen molar-refractivity contribution >= 4 is 23.3 Å². The number of carbonyl (C=O) groups excluding carboxylic acids is 3. The van der Waals surface area contributed by atoms with Gasteiger partial charge in [-0.25, -0.2) is 0 Å². The molecular weight excluding hydrogens is 376 g/mol. The van der Waals surface area contributed by atoms with Gasteiger partial charge in [0.2, 0.25) is 6.54 Å². The Morgan fingerprint density at radius 3 is 2.66 bits per heavy atom. The summed E-state index contributed by atoms with van der Waals surface area (Å²) >= 11 is 0. The lowest BCUT2D eigenvalue weighted by Crippen LogP contribution is -2.28. The molecule has 8 heteroatoms. The minimum Gasteiger partial charge on any atom is -0.456 e. The van der Waals surface area contributed by atoms with Crippen LogP contribution >= 0.6 is 0 Å². The molecule has 0 saturated heterocycles. The van der Waals surface area contributed by atoms with E-state index in [0.29, 0.717) is 5.69 Å². The summed E-state index contributed by atoms with van der Waals surface area (Å²) in [5.41, 5.74) is 2.59. The van der Waals surface area contributed by atoms with Crippen LogP contribution in [0.3, 0.4) is 0 Å². The van der Waals surface area contributed by atoms with Crippen molar-refractivity contribution in [2.24, 2.45) is 17.8 Å². The van der Waals surface area contributed by atoms with Crippen molar-refractivity contribution < 1.29 is 24.0 Å². The van der Waals surface area contributed by atoms with Crippen LogP contribution in [0.1, 0.15) is 50.7 Å². The topological polar surface area (TPSA) is 116 Å². The van der Waals surface area contributed by atoms with Crippen molar-refractivity contribution in [3.05, 3.63) is 39.4 Å². The number of ether oxygens (including phenoxy) is 1. The lowest BCUT2D eigenvalue weighted by atomic mass is 9.88. The summed E-state index contributed by atoms with van der Waals surface area (Å²) in [4.78, 5) is 46.9. The maximum atomic E-state index is 12.3. The van der Waals surface area contributed by atoms with E-state index < -0.39 is 35.2 Å². The fourth-order valence-electron chi connectivity index (χ4n) is 3.90. The highest BCUT2D eigenvalue weighted by Gasteiger charge is 2.44. The van der Waals surface area contributed by atoms with Gasteiger partial charge in [-0.05, 0) is 29.9 Å². The van der Waals surface area contributed by atoms with Gasteiger partial charge in [0, 0.05) is 28.9 Å². The summed E-state index contributed by atoms with van der Waals surface area (Å²) in [5, 5.41) is 13.6. The number of carbonyl (C=O) groups is 3. The number of rotatable bonds is 8. The largest absolute Gasteiger partial charge is 0.456 e. The number of hydrogen-bond acceptors (Lipinski definition) is 6. The van der Waals surface area contributed by atoms with Crippen molar-refractivity contribution in [1.29, 1.82) is 0 Å². The number of aryl methyl sites for hydroxylation is 1. The predicted octanol–water partition coefficient (Wildman–Crippen LogP) is 3.11. The first-order valence-corrected chi connectivity index (χ1v) is 9.79. The number of nitrogens with zero attached hydrogens (tertiary/aromatic N) is 1. The zero-order valence-electron chi connectivity index (χ0n) is 17.3. The number of anilines is 1. The standard InChI is InChI=1S/C21H28N2O6/c1-12(2)15-7-5-6-13(3)21(15)22-19(25)11-29-20(26)9-16-17(10-23(27)28)14(4)8-18(16)24/h5-7,12,14,16-17H,8-11H2,1-4H3,(H,22,25)/t14-,16-,17-/m1/s1. The smallest absolute Gasteiger partial charge is 0.307 e. The summed E-state index contributed by atoms with van der Waals surface area (Å²) in [7, 11) is 0. The van der Waals surface area contributed by atoms with Crippen molar-refractivity contribution in [2.45, 2.75) is 46.5 Å². The van der Waals surface area contributed by atoms with Crippen molar-refractivity contribution in [3.63, 3.8) is 0 Å². The summed E-state index contributed by atoms with van der Waals surface area (Å²) in [6.45, 7) is 6.88. The Bertz CT molecular complexity index is 804. The molecule has 0 aromatic heterocycles. The van der Waals surface area contributed by atoms with E-state index in [2.05, 4.69) is 5.32 Å². The average Bonchev–Trinajstić information content (AvgIpc) is 2.88. The molecule has 0 unspecified atom stereocenters. The fourth-order valence-corrected chi connectivity index (χ4v) is 3.90. The maximum Gasteiger partial charge on any atom is 0.307 e. The maximum absolute atomic E-state index is 12.3. The first-order valence-electron chi connectivity index (χ1n) is 9.79. The van der Waals surface area contributed by atoms with Gasteiger partial charge in [-0.3, -0.25) is 24.5 Å². The molecule has 0 aliphatic heterocycles. The van der Waals surface area contributed by atoms with Gasteiger partial charge in [0.05, 0.1) is 6.42 Å². The summed E-state index contributed by atoms with van der Waals surface area (Å²) in [6.07, 6.45) is -0.0151. The van der Waals surface area contributed by atoms with Gasteiger partial charge >= 0.3 is 5.97 Å². The predicted molar refractivity (Wildman–Crippen MR) is 107 cm³/mol. The van der Waals surface area contributed by atoms with Crippen molar-refractivity contribution in [2.75, 3.05) is 18.5 Å². The second kappa shape index (κ2) is 9.62. The molecule has 1 fully saturated rings. The van der Waals surface area contributed by atoms with Crippen LogP contribution < -0.4 is 5.32 Å². The van der Waals surface area contributed by atoms with Gasteiger partial charge in [0.1, 0.15) is 5.78 Å². The minimum atomic E-state index is -0.727. The van der Waals surface area contributed by atoms with Crippen LogP contribution in [0.15, 0.2) is 18.2 Å². The van der Waals surface area contributed by atoms with Crippen LogP contribution in [-0.2, 0) is 19.1 Å². The summed E-state index contributed by atoms with van der Waals surface area (Å²) in [5.74, 6) is -2.48. The molecule has 1 aliphatic carbocycles. The molecule has 1 aromatic rings. The highest BCUT2D eigenvalue weighted by molar-refractivity contribution is 5.94. The Balaban J connectivity index is 1.93. The third-order valence-corrected chi connectivity index (χ3v) is 5.49. The number of hydrogen-bond donors (Lipinski definition) is 1. The molecule has 8 nitrogen and oxygen atoms in total. The molecule has 1 saturated carbocycles. The van der Waals surface area contributed by atoms with E-state index in [4.69, 9.17) is 4.74 Å². The van der Waals surface area contributed by atoms with Gasteiger partial charge in [0.25, 0.3) is 5.91 Å². The van der Waals surface area contributed by atoms with Crippen molar-refractivity contribution in [1.82, 2.24) is 0 Å². The molecule has 2 rings (SSSR count). The Hall–Kier alpha value is -2.77. The lowest BCUT2D eigenvalue weighted by molar-refractivity contribution is -0.490. The van der Waals surface area contributed by atoms with E-state index in [9.17, 15) is 24.5 Å². The van der Waals surface area contributed by atoms with Crippen LogP contribution in [0.2, 0.25) is 0 Å². The third kappa shape index (κ3) is 5.85. The molecule has 3 atom stereocenters. The first kappa shape index (κ1) is 22.5. The zero-order chi connectivity index (χ0) is 21.7. The minimum absolute atomic E-state index is 0.149. The molecule has 0 heterocycles. The lowest BCUT2D eigenvalue weighted by Gasteiger charge is -2.18. The molecule has 1 N–H and O–H groups in total. The van der Waals surface area contributed by atoms with Crippen LogP contribution in [-0.4, -0.2) is 35.7 Å². The molecule has 1 amide bonds. The van der Waals surface area contributed by atoms with Gasteiger partial charge in [-0.15, -0.1) is 0 Å². The molecule has 158 valence electrons. The van der Waals surface area contributed by atoms with Crippen molar-refractivity contribution in [3.8, 4) is 0 Å². The Labute approximate surface area is 170 Å². The molecule has 1 aliphatic rings. The van der Waals surface area contributed by atoms with Gasteiger partial charge in [-0.1, -0.05) is 39.0 Å². The highest BCUT2D eigenvalue weighted by atomic mass is 16.6. The average molecular weight is 404 g/mol. The van der Waals surface area contributed by atoms with Crippen LogP contribution in [0.5, 0.6) is 0 Å². The van der Waals surface area contributed by atoms with Gasteiger partial charge < -0.3 is 10.1 Å². The monoisotopic (exact) mass is 404 g/mol. The molecule has 29 heavy (non-hydrogen) atoms. The number of ketones is 1. The van der Waals surface area contributed by atoms with Gasteiger partial charge in [-0.2, -0.15) is 0 Å². The number of nitrogens with one attached hydrogen (secondary N) is 1. The quantitative estimate of drug-likeness (QED) is 0.404. The fraction of sp³-hybridized carbons (Fsp3) is 0.571. The van der Waals surface area contributed by atoms with Crippen LogP contribution in [0, 0.1) is 34.8 Å². The molecule has 0 radical (unpaired) electrons. The number of Topliss-reactive ketones (excluding diaryl/α,β-unsaturated/α-hetero) is 1. The second-order valence-electron chi connectivity index (χ2n) is 8.04. The number of nitro groups is 1. The molecule has 0 spiro atoms. The van der Waals surface area contributed by atoms with E-state index in [1.54, 1.807) is 6.92 Å². The first-order chi connectivity index (χ1) is 13.6. The number of para-hydroxylation sites is 1. The third-order valence-electron chi connectivity index (χ3n) is 5.49. The molecule has 1 aromatic carbocycles. The number of amides is 1. The Morgan fingerprint density at radius 2 is 2.03 bits per heavy atom. The number of benzene rings is 1. The van der Waals surface area contributed by atoms with E-state index >= 15 is 0 Å². The SMILES string of the molecule is Cc1cccc(C(C)C)c1NC(=O)COC(=O)C[C@H]1C(=O)C[C@@H](C)[C@H]1C[N+](=O)[O-]. The summed E-state index contributed by atoms with van der Waals surface area (Å²) < 4.78 is 5.04. The Morgan fingerprint density at radius 1 is 1.34 bits per heavy atom. The van der Waals surface area contributed by atoms with E-state index in [-0.39, 0.29) is 37.0 Å². The van der Waals surface area contributed by atoms with E-state index in [0.717, 1.165) is 11.1 Å². The van der Waals surface area contributed by atoms with E-state index in [1.165, 1.54) is 0 Å². The molecular formula is C21H28N2O6. The van der Waals surface area contributed by atoms with E-state index in [1.807, 2.05) is 39.0 Å². The van der Waals surface area contributed by atoms with Crippen LogP contribution in [0.25, 0.3) is 0 Å². The van der Waals surface area contributed by atoms with Crippen LogP contribution in [0.4, 0.5) is 5.69 Å². The Kier molecular flexibility index (Phi) is 7.47. The normalized spacial score (nSPS) is 21.3. The number of esters is 1. The molecule has 0 bridgehead atoms. The summed E-state index contributed by atoms with van der Waals surface area (Å²) in [6, 6.07) is 5.73. The highest BCUT2D eigenvalue weighted by Crippen LogP contribution is 2.36.